The molecule has 0 bridgehead atoms. The predicted octanol–water partition coefficient (Wildman–Crippen LogP) is 1.57. The van der Waals surface area contributed by atoms with Crippen LogP contribution < -0.4 is 20.1 Å². The number of nitrogens with zero attached hydrogens (tertiary/aromatic N) is 1. The van der Waals surface area contributed by atoms with Crippen molar-refractivity contribution in [1.82, 2.24) is 15.5 Å². The third-order valence-electron chi connectivity index (χ3n) is 5.22. The van der Waals surface area contributed by atoms with Gasteiger partial charge in [0, 0.05) is 12.1 Å². The van der Waals surface area contributed by atoms with Gasteiger partial charge in [-0.1, -0.05) is 31.4 Å². The van der Waals surface area contributed by atoms with Gasteiger partial charge in [0.25, 0.3) is 5.91 Å². The average molecular weight is 375 g/mol. The van der Waals surface area contributed by atoms with Crippen molar-refractivity contribution in [2.24, 2.45) is 0 Å². The Balaban J connectivity index is 1.62. The van der Waals surface area contributed by atoms with Crippen molar-refractivity contribution >= 4 is 17.8 Å². The number of amides is 4. The standard InChI is InChI=1S/C19H25N3O5/c1-26-14-8-6-7-13(16(14)27-2)11-20-15(23)12-22-17(24)19(21-18(22)25)9-4-3-5-10-19/h6-8H,3-5,9-12H2,1-2H3,(H,20,23)(H,21,25). The fourth-order valence-corrected chi connectivity index (χ4v) is 3.80. The summed E-state index contributed by atoms with van der Waals surface area (Å²) < 4.78 is 10.6. The Morgan fingerprint density at radius 3 is 2.59 bits per heavy atom. The lowest BCUT2D eigenvalue weighted by Crippen LogP contribution is -2.49. The molecule has 27 heavy (non-hydrogen) atoms. The zero-order chi connectivity index (χ0) is 19.4. The molecule has 1 aromatic carbocycles. The van der Waals surface area contributed by atoms with Crippen molar-refractivity contribution < 1.29 is 23.9 Å². The van der Waals surface area contributed by atoms with E-state index >= 15 is 0 Å². The summed E-state index contributed by atoms with van der Waals surface area (Å²) in [4.78, 5) is 38.3. The summed E-state index contributed by atoms with van der Waals surface area (Å²) in [6, 6.07) is 4.89. The first-order chi connectivity index (χ1) is 13.0. The summed E-state index contributed by atoms with van der Waals surface area (Å²) in [7, 11) is 3.07. The number of urea groups is 1. The van der Waals surface area contributed by atoms with E-state index in [1.807, 2.05) is 6.07 Å². The molecular weight excluding hydrogens is 350 g/mol. The summed E-state index contributed by atoms with van der Waals surface area (Å²) in [6.07, 6.45) is 4.14. The lowest BCUT2D eigenvalue weighted by Gasteiger charge is -2.30. The van der Waals surface area contributed by atoms with Gasteiger partial charge in [-0.05, 0) is 18.9 Å². The van der Waals surface area contributed by atoms with E-state index in [0.717, 1.165) is 29.7 Å². The molecule has 2 N–H and O–H groups in total. The largest absolute Gasteiger partial charge is 0.493 e. The van der Waals surface area contributed by atoms with Gasteiger partial charge < -0.3 is 20.1 Å². The summed E-state index contributed by atoms with van der Waals surface area (Å²) in [5, 5.41) is 5.54. The molecule has 0 unspecified atom stereocenters. The Kier molecular flexibility index (Phi) is 5.53. The molecule has 1 aliphatic carbocycles. The van der Waals surface area contributed by atoms with E-state index in [9.17, 15) is 14.4 Å². The number of hydrogen-bond donors (Lipinski definition) is 2. The third kappa shape index (κ3) is 3.70. The van der Waals surface area contributed by atoms with E-state index in [0.29, 0.717) is 24.3 Å². The number of benzene rings is 1. The van der Waals surface area contributed by atoms with Gasteiger partial charge in [0.2, 0.25) is 5.91 Å². The fourth-order valence-electron chi connectivity index (χ4n) is 3.80. The highest BCUT2D eigenvalue weighted by atomic mass is 16.5. The van der Waals surface area contributed by atoms with Crippen LogP contribution in [0.3, 0.4) is 0 Å². The highest BCUT2D eigenvalue weighted by molar-refractivity contribution is 6.09. The Morgan fingerprint density at radius 1 is 1.19 bits per heavy atom. The summed E-state index contributed by atoms with van der Waals surface area (Å²) in [5.41, 5.74) is -0.0721. The van der Waals surface area contributed by atoms with Gasteiger partial charge >= 0.3 is 6.03 Å². The minimum Gasteiger partial charge on any atom is -0.493 e. The normalized spacial score (nSPS) is 18.4. The molecule has 0 atom stereocenters. The van der Waals surface area contributed by atoms with Crippen molar-refractivity contribution in [3.8, 4) is 11.5 Å². The van der Waals surface area contributed by atoms with Crippen LogP contribution in [0.4, 0.5) is 4.79 Å². The molecule has 2 fully saturated rings. The van der Waals surface area contributed by atoms with Gasteiger partial charge in [0.05, 0.1) is 14.2 Å². The topological polar surface area (TPSA) is 97.0 Å². The summed E-state index contributed by atoms with van der Waals surface area (Å²) in [5.74, 6) is 0.409. The van der Waals surface area contributed by atoms with Crippen LogP contribution in [0.15, 0.2) is 18.2 Å². The van der Waals surface area contributed by atoms with Crippen molar-refractivity contribution in [2.75, 3.05) is 20.8 Å². The van der Waals surface area contributed by atoms with Crippen LogP contribution in [-0.2, 0) is 16.1 Å². The van der Waals surface area contributed by atoms with E-state index < -0.39 is 17.5 Å². The smallest absolute Gasteiger partial charge is 0.325 e. The number of methoxy groups -OCH3 is 2. The van der Waals surface area contributed by atoms with Crippen LogP contribution in [0.25, 0.3) is 0 Å². The number of imide groups is 1. The van der Waals surface area contributed by atoms with E-state index in [1.165, 1.54) is 7.11 Å². The maximum Gasteiger partial charge on any atom is 0.325 e. The van der Waals surface area contributed by atoms with Crippen LogP contribution >= 0.6 is 0 Å². The molecule has 2 aliphatic rings. The highest BCUT2D eigenvalue weighted by Crippen LogP contribution is 2.33. The number of carbonyl (C=O) groups is 3. The second-order valence-electron chi connectivity index (χ2n) is 6.89. The number of para-hydroxylation sites is 1. The second kappa shape index (κ2) is 7.85. The minimum atomic E-state index is -0.814. The Bertz CT molecular complexity index is 743. The first-order valence-corrected chi connectivity index (χ1v) is 9.11. The van der Waals surface area contributed by atoms with Gasteiger partial charge in [-0.15, -0.1) is 0 Å². The van der Waals surface area contributed by atoms with Crippen LogP contribution in [0.2, 0.25) is 0 Å². The van der Waals surface area contributed by atoms with Gasteiger partial charge in [0.1, 0.15) is 12.1 Å². The van der Waals surface area contributed by atoms with Crippen LogP contribution in [0.1, 0.15) is 37.7 Å². The number of ether oxygens (including phenoxy) is 2. The third-order valence-corrected chi connectivity index (χ3v) is 5.22. The first kappa shape index (κ1) is 19.0. The molecule has 0 aromatic heterocycles. The highest BCUT2D eigenvalue weighted by Gasteiger charge is 2.51. The van der Waals surface area contributed by atoms with Gasteiger partial charge in [-0.3, -0.25) is 14.5 Å². The summed E-state index contributed by atoms with van der Waals surface area (Å²) >= 11 is 0. The molecule has 146 valence electrons. The van der Waals surface area contributed by atoms with Crippen molar-refractivity contribution in [2.45, 2.75) is 44.2 Å². The zero-order valence-electron chi connectivity index (χ0n) is 15.7. The SMILES string of the molecule is COc1cccc(CNC(=O)CN2C(=O)NC3(CCCCC3)C2=O)c1OC. The molecular formula is C19H25N3O5. The number of rotatable bonds is 6. The molecule has 0 radical (unpaired) electrons. The van der Waals surface area contributed by atoms with Crippen molar-refractivity contribution in [1.29, 1.82) is 0 Å². The molecule has 3 rings (SSSR count). The van der Waals surface area contributed by atoms with E-state index in [-0.39, 0.29) is 19.0 Å². The first-order valence-electron chi connectivity index (χ1n) is 9.11. The monoisotopic (exact) mass is 375 g/mol. The molecule has 1 heterocycles. The second-order valence-corrected chi connectivity index (χ2v) is 6.89. The van der Waals surface area contributed by atoms with Crippen molar-refractivity contribution in [3.05, 3.63) is 23.8 Å². The zero-order valence-corrected chi connectivity index (χ0v) is 15.7. The molecule has 1 spiro atoms. The molecule has 4 amide bonds. The van der Waals surface area contributed by atoms with Gasteiger partial charge in [-0.25, -0.2) is 4.79 Å². The average Bonchev–Trinajstić information content (AvgIpc) is 2.90. The number of hydrogen-bond acceptors (Lipinski definition) is 5. The van der Waals surface area contributed by atoms with E-state index in [2.05, 4.69) is 10.6 Å². The Hall–Kier alpha value is -2.77. The lowest BCUT2D eigenvalue weighted by atomic mass is 9.82. The van der Waals surface area contributed by atoms with Gasteiger partial charge in [-0.2, -0.15) is 0 Å². The van der Waals surface area contributed by atoms with Crippen LogP contribution in [-0.4, -0.2) is 49.0 Å². The molecule has 8 nitrogen and oxygen atoms in total. The van der Waals surface area contributed by atoms with Crippen LogP contribution in [0, 0.1) is 0 Å². The lowest BCUT2D eigenvalue weighted by molar-refractivity contribution is -0.135. The van der Waals surface area contributed by atoms with Crippen molar-refractivity contribution in [3.63, 3.8) is 0 Å². The Morgan fingerprint density at radius 2 is 1.93 bits per heavy atom. The Labute approximate surface area is 158 Å². The quantitative estimate of drug-likeness (QED) is 0.736. The number of nitrogens with one attached hydrogen (secondary N) is 2. The predicted molar refractivity (Wildman–Crippen MR) is 97.5 cm³/mol. The molecule has 1 aromatic rings. The maximum absolute atomic E-state index is 12.7. The van der Waals surface area contributed by atoms with Crippen LogP contribution in [0.5, 0.6) is 11.5 Å². The molecule has 1 saturated carbocycles. The van der Waals surface area contributed by atoms with E-state index in [4.69, 9.17) is 9.47 Å². The van der Waals surface area contributed by atoms with Gasteiger partial charge in [0.15, 0.2) is 11.5 Å². The number of carbonyl (C=O) groups excluding carboxylic acids is 3. The molecule has 8 heteroatoms. The fraction of sp³-hybridized carbons (Fsp3) is 0.526. The maximum atomic E-state index is 12.7. The van der Waals surface area contributed by atoms with E-state index in [1.54, 1.807) is 19.2 Å². The molecule has 1 saturated heterocycles. The minimum absolute atomic E-state index is 0.202. The summed E-state index contributed by atoms with van der Waals surface area (Å²) in [6.45, 7) is -0.0906. The molecule has 1 aliphatic heterocycles.